The molecule has 0 spiro atoms. The Kier molecular flexibility index (Phi) is 7.44. The minimum Gasteiger partial charge on any atom is -0.507 e. The number of aromatic hydroxyl groups is 1. The van der Waals surface area contributed by atoms with Gasteiger partial charge < -0.3 is 33.5 Å². The molecular formula is C14H20O8. The van der Waals surface area contributed by atoms with Gasteiger partial charge in [-0.15, -0.1) is 0 Å². The van der Waals surface area contributed by atoms with Crippen LogP contribution in [0.5, 0.6) is 23.0 Å². The van der Waals surface area contributed by atoms with Gasteiger partial charge in [-0.1, -0.05) is 0 Å². The third-order valence-electron chi connectivity index (χ3n) is 2.51. The molecule has 1 aromatic carbocycles. The van der Waals surface area contributed by atoms with Crippen molar-refractivity contribution in [1.29, 1.82) is 0 Å². The smallest absolute Gasteiger partial charge is 0.207 e. The van der Waals surface area contributed by atoms with E-state index in [1.54, 1.807) is 0 Å². The van der Waals surface area contributed by atoms with Gasteiger partial charge in [0.15, 0.2) is 37.7 Å². The van der Waals surface area contributed by atoms with Crippen molar-refractivity contribution in [2.75, 3.05) is 41.7 Å². The minimum atomic E-state index is -0.399. The van der Waals surface area contributed by atoms with Crippen molar-refractivity contribution in [3.05, 3.63) is 11.6 Å². The Hall–Kier alpha value is -2.03. The van der Waals surface area contributed by atoms with Gasteiger partial charge in [0.25, 0.3) is 0 Å². The van der Waals surface area contributed by atoms with Gasteiger partial charge in [-0.05, 0) is 6.92 Å². The molecular weight excluding hydrogens is 296 g/mol. The Labute approximate surface area is 128 Å². The molecule has 0 aromatic heterocycles. The molecule has 8 heteroatoms. The maximum Gasteiger partial charge on any atom is 0.207 e. The summed E-state index contributed by atoms with van der Waals surface area (Å²) in [5, 5.41) is 10.0. The van der Waals surface area contributed by atoms with Crippen LogP contribution in [0.15, 0.2) is 6.07 Å². The van der Waals surface area contributed by atoms with Gasteiger partial charge in [-0.25, -0.2) is 0 Å². The number of rotatable bonds is 10. The fourth-order valence-electron chi connectivity index (χ4n) is 1.68. The highest BCUT2D eigenvalue weighted by Gasteiger charge is 2.25. The zero-order valence-electron chi connectivity index (χ0n) is 13.0. The van der Waals surface area contributed by atoms with E-state index in [1.807, 2.05) is 0 Å². The van der Waals surface area contributed by atoms with Crippen LogP contribution in [0.3, 0.4) is 0 Å². The van der Waals surface area contributed by atoms with E-state index in [1.165, 1.54) is 34.3 Å². The van der Waals surface area contributed by atoms with Crippen molar-refractivity contribution in [3.63, 3.8) is 0 Å². The van der Waals surface area contributed by atoms with Crippen molar-refractivity contribution in [2.24, 2.45) is 0 Å². The number of ether oxygens (including phenoxy) is 6. The van der Waals surface area contributed by atoms with E-state index in [0.717, 1.165) is 0 Å². The van der Waals surface area contributed by atoms with Gasteiger partial charge in [0, 0.05) is 27.4 Å². The second-order valence-electron chi connectivity index (χ2n) is 4.14. The lowest BCUT2D eigenvalue weighted by atomic mass is 10.1. The number of Topliss-reactive ketones (excluding diaryl/α,β-unsaturated/α-hetero) is 1. The lowest BCUT2D eigenvalue weighted by Crippen LogP contribution is -2.11. The molecule has 0 saturated carbocycles. The number of carbonyl (C=O) groups is 1. The van der Waals surface area contributed by atoms with E-state index in [4.69, 9.17) is 28.4 Å². The van der Waals surface area contributed by atoms with Crippen molar-refractivity contribution in [3.8, 4) is 23.0 Å². The number of carbonyl (C=O) groups excluding carboxylic acids is 1. The second kappa shape index (κ2) is 9.08. The molecule has 0 aliphatic carbocycles. The Morgan fingerprint density at radius 1 is 0.955 bits per heavy atom. The highest BCUT2D eigenvalue weighted by Crippen LogP contribution is 2.45. The van der Waals surface area contributed by atoms with Crippen LogP contribution >= 0.6 is 0 Å². The molecule has 0 heterocycles. The van der Waals surface area contributed by atoms with Crippen molar-refractivity contribution in [2.45, 2.75) is 6.92 Å². The number of hydrogen-bond acceptors (Lipinski definition) is 8. The summed E-state index contributed by atoms with van der Waals surface area (Å²) in [5.74, 6) is -0.428. The maximum atomic E-state index is 11.8. The largest absolute Gasteiger partial charge is 0.507 e. The summed E-state index contributed by atoms with van der Waals surface area (Å²) in [4.78, 5) is 11.8. The molecule has 124 valence electrons. The molecule has 0 radical (unpaired) electrons. The minimum absolute atomic E-state index is 0.0116. The molecule has 0 aliphatic heterocycles. The Morgan fingerprint density at radius 2 is 1.45 bits per heavy atom. The van der Waals surface area contributed by atoms with Gasteiger partial charge in [0.1, 0.15) is 11.3 Å². The second-order valence-corrected chi connectivity index (χ2v) is 4.14. The van der Waals surface area contributed by atoms with E-state index < -0.39 is 5.78 Å². The first kappa shape index (κ1) is 18.0. The molecule has 0 amide bonds. The molecule has 22 heavy (non-hydrogen) atoms. The van der Waals surface area contributed by atoms with E-state index in [2.05, 4.69) is 0 Å². The summed E-state index contributed by atoms with van der Waals surface area (Å²) in [5.41, 5.74) is -0.0343. The fraction of sp³-hybridized carbons (Fsp3) is 0.500. The standard InChI is InChI=1S/C14H20O8/c1-9(15)12-10(16)5-11(20-6-17-2)13(21-7-18-3)14(12)22-8-19-4/h5,16H,6-8H2,1-4H3. The zero-order chi connectivity index (χ0) is 16.5. The summed E-state index contributed by atoms with van der Waals surface area (Å²) in [6, 6.07) is 1.25. The number of methoxy groups -OCH3 is 3. The van der Waals surface area contributed by atoms with Crippen molar-refractivity contribution >= 4 is 5.78 Å². The molecule has 0 unspecified atom stereocenters. The lowest BCUT2D eigenvalue weighted by molar-refractivity contribution is 0.0212. The summed E-state index contributed by atoms with van der Waals surface area (Å²) in [6.45, 7) is 0.974. The molecule has 0 bridgehead atoms. The van der Waals surface area contributed by atoms with Gasteiger partial charge in [0.05, 0.1) is 0 Å². The quantitative estimate of drug-likeness (QED) is 0.513. The summed E-state index contributed by atoms with van der Waals surface area (Å²) in [6.07, 6.45) is 0. The summed E-state index contributed by atoms with van der Waals surface area (Å²) >= 11 is 0. The Balaban J connectivity index is 3.38. The predicted octanol–water partition coefficient (Wildman–Crippen LogP) is 1.54. The van der Waals surface area contributed by atoms with Crippen molar-refractivity contribution in [1.82, 2.24) is 0 Å². The van der Waals surface area contributed by atoms with Crippen LogP contribution in [0.4, 0.5) is 0 Å². The normalized spacial score (nSPS) is 10.4. The number of phenolic OH excluding ortho intramolecular Hbond substituents is 1. The van der Waals surface area contributed by atoms with Crippen LogP contribution in [0, 0.1) is 0 Å². The highest BCUT2D eigenvalue weighted by atomic mass is 16.7. The molecule has 1 N–H and O–H groups in total. The SMILES string of the molecule is COCOc1cc(O)c(C(C)=O)c(OCOC)c1OCOC. The van der Waals surface area contributed by atoms with E-state index in [-0.39, 0.29) is 48.9 Å². The molecule has 0 saturated heterocycles. The average molecular weight is 316 g/mol. The molecule has 0 aliphatic rings. The monoisotopic (exact) mass is 316 g/mol. The zero-order valence-corrected chi connectivity index (χ0v) is 13.0. The van der Waals surface area contributed by atoms with E-state index >= 15 is 0 Å². The van der Waals surface area contributed by atoms with Gasteiger partial charge in [0.2, 0.25) is 5.75 Å². The molecule has 0 fully saturated rings. The first-order valence-electron chi connectivity index (χ1n) is 6.32. The van der Waals surface area contributed by atoms with Crippen LogP contribution in [0.2, 0.25) is 0 Å². The van der Waals surface area contributed by atoms with Crippen LogP contribution in [-0.4, -0.2) is 52.6 Å². The summed E-state index contributed by atoms with van der Waals surface area (Å²) in [7, 11) is 4.31. The maximum absolute atomic E-state index is 11.8. The van der Waals surface area contributed by atoms with Gasteiger partial charge in [-0.3, -0.25) is 4.79 Å². The van der Waals surface area contributed by atoms with Crippen LogP contribution < -0.4 is 14.2 Å². The van der Waals surface area contributed by atoms with E-state index in [9.17, 15) is 9.90 Å². The lowest BCUT2D eigenvalue weighted by Gasteiger charge is -2.19. The van der Waals surface area contributed by atoms with Gasteiger partial charge in [-0.2, -0.15) is 0 Å². The molecule has 1 rings (SSSR count). The average Bonchev–Trinajstić information content (AvgIpc) is 2.48. The number of phenols is 1. The molecule has 1 aromatic rings. The first-order chi connectivity index (χ1) is 10.6. The van der Waals surface area contributed by atoms with Crippen LogP contribution in [0.25, 0.3) is 0 Å². The summed E-state index contributed by atoms with van der Waals surface area (Å²) < 4.78 is 30.6. The number of hydrogen-bond donors (Lipinski definition) is 1. The predicted molar refractivity (Wildman–Crippen MR) is 75.6 cm³/mol. The first-order valence-corrected chi connectivity index (χ1v) is 6.32. The number of ketones is 1. The van der Waals surface area contributed by atoms with Gasteiger partial charge >= 0.3 is 0 Å². The highest BCUT2D eigenvalue weighted by molar-refractivity contribution is 6.01. The molecule has 0 atom stereocenters. The van der Waals surface area contributed by atoms with Crippen molar-refractivity contribution < 1.29 is 38.3 Å². The Bertz CT molecular complexity index is 500. The van der Waals surface area contributed by atoms with Crippen LogP contribution in [0.1, 0.15) is 17.3 Å². The fourth-order valence-corrected chi connectivity index (χ4v) is 1.68. The third kappa shape index (κ3) is 4.48. The molecule has 8 nitrogen and oxygen atoms in total. The number of benzene rings is 1. The Morgan fingerprint density at radius 3 is 1.95 bits per heavy atom. The van der Waals surface area contributed by atoms with Crippen LogP contribution in [-0.2, 0) is 14.2 Å². The third-order valence-corrected chi connectivity index (χ3v) is 2.51. The topological polar surface area (TPSA) is 92.7 Å². The van der Waals surface area contributed by atoms with E-state index in [0.29, 0.717) is 0 Å².